The Morgan fingerprint density at radius 3 is 1.93 bits per heavy atom. The minimum atomic E-state index is -1.29. The molecule has 1 rings (SSSR count). The Kier molecular flexibility index (Phi) is 2.65. The van der Waals surface area contributed by atoms with Crippen LogP contribution in [-0.2, 0) is 14.3 Å². The van der Waals surface area contributed by atoms with Crippen molar-refractivity contribution in [3.8, 4) is 0 Å². The van der Waals surface area contributed by atoms with Gasteiger partial charge in [-0.05, 0) is 20.8 Å². The van der Waals surface area contributed by atoms with E-state index in [4.69, 9.17) is 9.47 Å². The van der Waals surface area contributed by atoms with Crippen LogP contribution in [0.3, 0.4) is 0 Å². The summed E-state index contributed by atoms with van der Waals surface area (Å²) in [6.07, 6.45) is -0.610. The van der Waals surface area contributed by atoms with Gasteiger partial charge in [-0.25, -0.2) is 4.79 Å². The highest BCUT2D eigenvalue weighted by molar-refractivity contribution is 5.82. The highest BCUT2D eigenvalue weighted by Gasteiger charge is 2.58. The highest BCUT2D eigenvalue weighted by Crippen LogP contribution is 2.39. The van der Waals surface area contributed by atoms with E-state index in [0.717, 1.165) is 0 Å². The summed E-state index contributed by atoms with van der Waals surface area (Å²) in [6, 6.07) is 0. The Hall–Kier alpha value is -0.610. The van der Waals surface area contributed by atoms with Gasteiger partial charge in [0.05, 0.1) is 5.60 Å². The Labute approximate surface area is 90.6 Å². The SMILES string of the molecule is CC(C)(C)[C@@H]1OC(=O)[C@@](C)(C(C)(C)O)O1. The molecule has 1 N–H and O–H groups in total. The number of rotatable bonds is 1. The molecule has 1 fully saturated rings. The smallest absolute Gasteiger partial charge is 0.343 e. The lowest BCUT2D eigenvalue weighted by atomic mass is 9.88. The van der Waals surface area contributed by atoms with Crippen molar-refractivity contribution in [1.29, 1.82) is 0 Å². The van der Waals surface area contributed by atoms with Crippen LogP contribution in [0, 0.1) is 5.41 Å². The maximum Gasteiger partial charge on any atom is 0.343 e. The van der Waals surface area contributed by atoms with E-state index in [-0.39, 0.29) is 5.41 Å². The molecule has 0 amide bonds. The van der Waals surface area contributed by atoms with Crippen molar-refractivity contribution in [2.45, 2.75) is 59.0 Å². The number of aliphatic hydroxyl groups is 1. The second-order valence-corrected chi connectivity index (χ2v) is 5.81. The summed E-state index contributed by atoms with van der Waals surface area (Å²) in [7, 11) is 0. The number of hydrogen-bond acceptors (Lipinski definition) is 4. The molecule has 4 nitrogen and oxygen atoms in total. The van der Waals surface area contributed by atoms with Crippen LogP contribution < -0.4 is 0 Å². The quantitative estimate of drug-likeness (QED) is 0.674. The van der Waals surface area contributed by atoms with Crippen LogP contribution in [0.5, 0.6) is 0 Å². The average Bonchev–Trinajstić information content (AvgIpc) is 2.27. The fourth-order valence-corrected chi connectivity index (χ4v) is 1.24. The first-order valence-corrected chi connectivity index (χ1v) is 5.10. The third-order valence-corrected chi connectivity index (χ3v) is 2.82. The van der Waals surface area contributed by atoms with E-state index in [0.29, 0.717) is 0 Å². The van der Waals surface area contributed by atoms with Gasteiger partial charge in [0.15, 0.2) is 5.60 Å². The van der Waals surface area contributed by atoms with Gasteiger partial charge in [0.25, 0.3) is 0 Å². The molecule has 0 aromatic heterocycles. The van der Waals surface area contributed by atoms with Crippen molar-refractivity contribution in [1.82, 2.24) is 0 Å². The van der Waals surface area contributed by atoms with Crippen LogP contribution in [-0.4, -0.2) is 28.6 Å². The molecular formula is C11H20O4. The van der Waals surface area contributed by atoms with Crippen LogP contribution in [0.4, 0.5) is 0 Å². The first-order chi connectivity index (χ1) is 6.48. The van der Waals surface area contributed by atoms with Gasteiger partial charge < -0.3 is 14.6 Å². The molecule has 0 bridgehead atoms. The van der Waals surface area contributed by atoms with E-state index in [1.807, 2.05) is 20.8 Å². The second kappa shape index (κ2) is 3.19. The van der Waals surface area contributed by atoms with Crippen LogP contribution in [0.15, 0.2) is 0 Å². The van der Waals surface area contributed by atoms with Crippen molar-refractivity contribution in [2.75, 3.05) is 0 Å². The molecule has 1 heterocycles. The lowest BCUT2D eigenvalue weighted by molar-refractivity contribution is -0.186. The first kappa shape index (κ1) is 12.5. The topological polar surface area (TPSA) is 55.8 Å². The molecule has 0 aromatic rings. The van der Waals surface area contributed by atoms with Crippen LogP contribution in [0.25, 0.3) is 0 Å². The number of esters is 1. The minimum absolute atomic E-state index is 0.293. The van der Waals surface area contributed by atoms with Crippen LogP contribution >= 0.6 is 0 Å². The van der Waals surface area contributed by atoms with E-state index >= 15 is 0 Å². The first-order valence-electron chi connectivity index (χ1n) is 5.10. The lowest BCUT2D eigenvalue weighted by Gasteiger charge is -2.33. The molecular weight excluding hydrogens is 196 g/mol. The molecule has 0 radical (unpaired) electrons. The molecule has 2 atom stereocenters. The average molecular weight is 216 g/mol. The number of carbonyl (C=O) groups is 1. The molecule has 0 spiro atoms. The Balaban J connectivity index is 2.95. The Bertz CT molecular complexity index is 271. The largest absolute Gasteiger partial charge is 0.433 e. The fourth-order valence-electron chi connectivity index (χ4n) is 1.24. The third-order valence-electron chi connectivity index (χ3n) is 2.82. The van der Waals surface area contributed by atoms with Gasteiger partial charge in [-0.2, -0.15) is 0 Å². The second-order valence-electron chi connectivity index (χ2n) is 5.81. The fraction of sp³-hybridized carbons (Fsp3) is 0.909. The molecule has 1 aliphatic heterocycles. The predicted octanol–water partition coefficient (Wildman–Crippen LogP) is 1.46. The monoisotopic (exact) mass is 216 g/mol. The number of hydrogen-bond donors (Lipinski definition) is 1. The zero-order valence-electron chi connectivity index (χ0n) is 10.2. The molecule has 15 heavy (non-hydrogen) atoms. The van der Waals surface area contributed by atoms with Crippen molar-refractivity contribution in [3.63, 3.8) is 0 Å². The number of ether oxygens (including phenoxy) is 2. The standard InChI is InChI=1S/C11H20O4/c1-9(2,3)8-14-7(12)11(6,15-8)10(4,5)13/h8,13H,1-6H3/t8-,11+/m1/s1. The summed E-state index contributed by atoms with van der Waals surface area (Å²) in [5.74, 6) is -0.505. The van der Waals surface area contributed by atoms with Gasteiger partial charge in [0, 0.05) is 5.41 Å². The van der Waals surface area contributed by atoms with E-state index in [1.54, 1.807) is 20.8 Å². The minimum Gasteiger partial charge on any atom is -0.433 e. The highest BCUT2D eigenvalue weighted by atomic mass is 16.8. The maximum atomic E-state index is 11.7. The van der Waals surface area contributed by atoms with E-state index in [1.165, 1.54) is 0 Å². The maximum absolute atomic E-state index is 11.7. The van der Waals surface area contributed by atoms with Crippen LogP contribution in [0.2, 0.25) is 0 Å². The molecule has 0 aliphatic carbocycles. The van der Waals surface area contributed by atoms with Gasteiger partial charge in [-0.1, -0.05) is 20.8 Å². The normalized spacial score (nSPS) is 33.0. The summed E-state index contributed by atoms with van der Waals surface area (Å²) < 4.78 is 10.7. The molecule has 1 aliphatic rings. The zero-order valence-corrected chi connectivity index (χ0v) is 10.2. The van der Waals surface area contributed by atoms with Gasteiger partial charge >= 0.3 is 5.97 Å². The summed E-state index contributed by atoms with van der Waals surface area (Å²) in [4.78, 5) is 11.7. The van der Waals surface area contributed by atoms with Crippen molar-refractivity contribution < 1.29 is 19.4 Å². The summed E-state index contributed by atoms with van der Waals surface area (Å²) in [6.45, 7) is 10.4. The zero-order chi connectivity index (χ0) is 12.1. The van der Waals surface area contributed by atoms with Crippen molar-refractivity contribution >= 4 is 5.97 Å². The van der Waals surface area contributed by atoms with Crippen molar-refractivity contribution in [2.24, 2.45) is 5.41 Å². The summed E-state index contributed by atoms with van der Waals surface area (Å²) in [5, 5.41) is 9.90. The van der Waals surface area contributed by atoms with E-state index < -0.39 is 23.5 Å². The van der Waals surface area contributed by atoms with Gasteiger partial charge in [0.2, 0.25) is 6.29 Å². The number of carbonyl (C=O) groups excluding carboxylic acids is 1. The Morgan fingerprint density at radius 1 is 1.27 bits per heavy atom. The molecule has 88 valence electrons. The van der Waals surface area contributed by atoms with E-state index in [9.17, 15) is 9.90 Å². The van der Waals surface area contributed by atoms with Gasteiger partial charge in [-0.3, -0.25) is 0 Å². The number of cyclic esters (lactones) is 1. The molecule has 0 aromatic carbocycles. The van der Waals surface area contributed by atoms with Gasteiger partial charge in [-0.15, -0.1) is 0 Å². The summed E-state index contributed by atoms with van der Waals surface area (Å²) in [5.41, 5.74) is -2.84. The Morgan fingerprint density at radius 2 is 1.73 bits per heavy atom. The van der Waals surface area contributed by atoms with Gasteiger partial charge in [0.1, 0.15) is 0 Å². The molecule has 4 heteroatoms. The molecule has 0 unspecified atom stereocenters. The molecule has 0 saturated carbocycles. The van der Waals surface area contributed by atoms with Crippen LogP contribution in [0.1, 0.15) is 41.5 Å². The lowest BCUT2D eigenvalue weighted by Crippen LogP contribution is -2.52. The van der Waals surface area contributed by atoms with Crippen molar-refractivity contribution in [3.05, 3.63) is 0 Å². The predicted molar refractivity (Wildman–Crippen MR) is 55.1 cm³/mol. The summed E-state index contributed by atoms with van der Waals surface area (Å²) >= 11 is 0. The third kappa shape index (κ3) is 2.01. The molecule has 1 saturated heterocycles. The van der Waals surface area contributed by atoms with E-state index in [2.05, 4.69) is 0 Å².